The van der Waals surface area contributed by atoms with Crippen LogP contribution in [0.1, 0.15) is 39.6 Å². The maximum Gasteiger partial charge on any atom is 0.167 e. The van der Waals surface area contributed by atoms with Crippen LogP contribution in [-0.2, 0) is 6.42 Å². The number of rotatable bonds is 4. The number of methoxy groups -OCH3 is 2. The van der Waals surface area contributed by atoms with Crippen LogP contribution in [0.25, 0.3) is 5.69 Å². The molecular formula is C22H21ClN2O3. The van der Waals surface area contributed by atoms with Crippen LogP contribution in [0.3, 0.4) is 0 Å². The lowest BCUT2D eigenvalue weighted by molar-refractivity contribution is 0.0963. The summed E-state index contributed by atoms with van der Waals surface area (Å²) >= 11 is 6.02. The summed E-state index contributed by atoms with van der Waals surface area (Å²) in [4.78, 5) is 12.9. The third kappa shape index (κ3) is 3.16. The van der Waals surface area contributed by atoms with E-state index in [1.807, 2.05) is 54.1 Å². The summed E-state index contributed by atoms with van der Waals surface area (Å²) in [7, 11) is 3.23. The first-order valence-corrected chi connectivity index (χ1v) is 9.49. The molecule has 28 heavy (non-hydrogen) atoms. The Balaban J connectivity index is 1.75. The van der Waals surface area contributed by atoms with Crippen molar-refractivity contribution in [1.82, 2.24) is 9.78 Å². The van der Waals surface area contributed by atoms with Crippen LogP contribution in [0, 0.1) is 6.92 Å². The van der Waals surface area contributed by atoms with Crippen molar-refractivity contribution < 1.29 is 14.3 Å². The first-order chi connectivity index (χ1) is 13.5. The molecule has 4 rings (SSSR count). The number of fused-ring (bicyclic) bond motifs is 1. The summed E-state index contributed by atoms with van der Waals surface area (Å²) in [5.41, 5.74) is 4.40. The molecule has 0 N–H and O–H groups in total. The number of aromatic nitrogens is 2. The summed E-state index contributed by atoms with van der Waals surface area (Å²) in [5.74, 6) is 1.53. The first-order valence-electron chi connectivity index (χ1n) is 9.11. The molecule has 2 aromatic carbocycles. The van der Waals surface area contributed by atoms with Crippen LogP contribution in [0.4, 0.5) is 0 Å². The van der Waals surface area contributed by atoms with E-state index in [2.05, 4.69) is 5.10 Å². The molecule has 0 amide bonds. The smallest absolute Gasteiger partial charge is 0.167 e. The molecule has 1 atom stereocenters. The van der Waals surface area contributed by atoms with Gasteiger partial charge >= 0.3 is 0 Å². The standard InChI is InChI=1S/C22H21ClN2O3/c1-13-22-18(25(24-13)17-7-5-16(23)6-8-17)10-15(11-19(22)26)14-4-9-20(27-2)21(12-14)28-3/h4-9,12,15H,10-11H2,1-3H3/t15-/m0/s1. The Morgan fingerprint density at radius 1 is 1.04 bits per heavy atom. The van der Waals surface area contributed by atoms with Gasteiger partial charge in [-0.25, -0.2) is 4.68 Å². The van der Waals surface area contributed by atoms with E-state index in [4.69, 9.17) is 21.1 Å². The number of hydrogen-bond donors (Lipinski definition) is 0. The Morgan fingerprint density at radius 2 is 1.75 bits per heavy atom. The van der Waals surface area contributed by atoms with E-state index in [9.17, 15) is 4.79 Å². The SMILES string of the molecule is COc1ccc([C@@H]2CC(=O)c3c(C)nn(-c4ccc(Cl)cc4)c3C2)cc1OC. The van der Waals surface area contributed by atoms with Crippen molar-refractivity contribution in [3.8, 4) is 17.2 Å². The van der Waals surface area contributed by atoms with E-state index >= 15 is 0 Å². The normalized spacial score (nSPS) is 16.0. The van der Waals surface area contributed by atoms with E-state index in [1.165, 1.54) is 0 Å². The second-order valence-corrected chi connectivity index (χ2v) is 7.37. The molecule has 0 radical (unpaired) electrons. The number of carbonyl (C=O) groups excluding carboxylic acids is 1. The van der Waals surface area contributed by atoms with Gasteiger partial charge in [0.15, 0.2) is 17.3 Å². The highest BCUT2D eigenvalue weighted by atomic mass is 35.5. The van der Waals surface area contributed by atoms with Gasteiger partial charge in [0, 0.05) is 11.4 Å². The fourth-order valence-corrected chi connectivity index (χ4v) is 4.02. The summed E-state index contributed by atoms with van der Waals surface area (Å²) in [5, 5.41) is 5.31. The van der Waals surface area contributed by atoms with E-state index in [0.29, 0.717) is 22.9 Å². The van der Waals surface area contributed by atoms with Crippen LogP contribution in [0.5, 0.6) is 11.5 Å². The predicted molar refractivity (Wildman–Crippen MR) is 108 cm³/mol. The highest BCUT2D eigenvalue weighted by molar-refractivity contribution is 6.30. The number of ketones is 1. The van der Waals surface area contributed by atoms with Crippen LogP contribution in [0.15, 0.2) is 42.5 Å². The van der Waals surface area contributed by atoms with Crippen molar-refractivity contribution in [3.63, 3.8) is 0 Å². The van der Waals surface area contributed by atoms with Gasteiger partial charge in [0.2, 0.25) is 0 Å². The molecular weight excluding hydrogens is 376 g/mol. The molecule has 6 heteroatoms. The van der Waals surface area contributed by atoms with Crippen molar-refractivity contribution >= 4 is 17.4 Å². The van der Waals surface area contributed by atoms with Gasteiger partial charge in [-0.2, -0.15) is 5.10 Å². The summed E-state index contributed by atoms with van der Waals surface area (Å²) < 4.78 is 12.6. The fourth-order valence-electron chi connectivity index (χ4n) is 3.90. The zero-order valence-corrected chi connectivity index (χ0v) is 16.8. The molecule has 5 nitrogen and oxygen atoms in total. The number of nitrogens with zero attached hydrogens (tertiary/aromatic N) is 2. The van der Waals surface area contributed by atoms with Crippen LogP contribution < -0.4 is 9.47 Å². The Kier molecular flexibility index (Phi) is 4.85. The second kappa shape index (κ2) is 7.32. The molecule has 1 heterocycles. The first kappa shape index (κ1) is 18.6. The fraction of sp³-hybridized carbons (Fsp3) is 0.273. The minimum Gasteiger partial charge on any atom is -0.493 e. The third-order valence-corrected chi connectivity index (χ3v) is 5.51. The van der Waals surface area contributed by atoms with E-state index in [0.717, 1.165) is 34.6 Å². The van der Waals surface area contributed by atoms with Crippen LogP contribution in [0.2, 0.25) is 5.02 Å². The van der Waals surface area contributed by atoms with Gasteiger partial charge in [0.05, 0.1) is 36.9 Å². The van der Waals surface area contributed by atoms with E-state index in [1.54, 1.807) is 14.2 Å². The minimum absolute atomic E-state index is 0.0574. The lowest BCUT2D eigenvalue weighted by Crippen LogP contribution is -2.20. The van der Waals surface area contributed by atoms with Crippen molar-refractivity contribution in [3.05, 3.63) is 70.0 Å². The van der Waals surface area contributed by atoms with Gasteiger partial charge in [-0.05, 0) is 61.2 Å². The molecule has 1 aliphatic rings. The van der Waals surface area contributed by atoms with Crippen LogP contribution >= 0.6 is 11.6 Å². The van der Waals surface area contributed by atoms with Gasteiger partial charge in [-0.3, -0.25) is 4.79 Å². The van der Waals surface area contributed by atoms with Crippen molar-refractivity contribution in [2.24, 2.45) is 0 Å². The van der Waals surface area contributed by atoms with E-state index < -0.39 is 0 Å². The molecule has 0 spiro atoms. The molecule has 3 aromatic rings. The lowest BCUT2D eigenvalue weighted by Gasteiger charge is -2.24. The topological polar surface area (TPSA) is 53.3 Å². The number of Topliss-reactive ketones (excluding diaryl/α,β-unsaturated/α-hetero) is 1. The Morgan fingerprint density at radius 3 is 2.43 bits per heavy atom. The lowest BCUT2D eigenvalue weighted by atomic mass is 9.81. The van der Waals surface area contributed by atoms with Gasteiger partial charge in [0.25, 0.3) is 0 Å². The van der Waals surface area contributed by atoms with Gasteiger partial charge < -0.3 is 9.47 Å². The number of ether oxygens (including phenoxy) is 2. The molecule has 0 fully saturated rings. The molecule has 0 bridgehead atoms. The maximum absolute atomic E-state index is 12.9. The molecule has 1 aliphatic carbocycles. The van der Waals surface area contributed by atoms with Gasteiger partial charge in [-0.1, -0.05) is 17.7 Å². The highest BCUT2D eigenvalue weighted by Crippen LogP contribution is 2.38. The molecule has 0 aliphatic heterocycles. The molecule has 0 unspecified atom stereocenters. The summed E-state index contributed by atoms with van der Waals surface area (Å²) in [6.07, 6.45) is 1.18. The zero-order valence-electron chi connectivity index (χ0n) is 16.0. The highest BCUT2D eigenvalue weighted by Gasteiger charge is 2.32. The average Bonchev–Trinajstić information content (AvgIpc) is 3.05. The molecule has 0 saturated carbocycles. The monoisotopic (exact) mass is 396 g/mol. The summed E-state index contributed by atoms with van der Waals surface area (Å²) in [6, 6.07) is 13.3. The molecule has 144 valence electrons. The van der Waals surface area contributed by atoms with Crippen LogP contribution in [-0.4, -0.2) is 29.8 Å². The number of carbonyl (C=O) groups is 1. The molecule has 1 aromatic heterocycles. The van der Waals surface area contributed by atoms with Gasteiger partial charge in [-0.15, -0.1) is 0 Å². The maximum atomic E-state index is 12.9. The van der Waals surface area contributed by atoms with Crippen molar-refractivity contribution in [2.45, 2.75) is 25.7 Å². The quantitative estimate of drug-likeness (QED) is 0.637. The minimum atomic E-state index is 0.0574. The Hall–Kier alpha value is -2.79. The molecule has 0 saturated heterocycles. The van der Waals surface area contributed by atoms with E-state index in [-0.39, 0.29) is 11.7 Å². The second-order valence-electron chi connectivity index (χ2n) is 6.94. The van der Waals surface area contributed by atoms with Crippen molar-refractivity contribution in [1.29, 1.82) is 0 Å². The number of aryl methyl sites for hydroxylation is 1. The number of benzene rings is 2. The third-order valence-electron chi connectivity index (χ3n) is 5.26. The largest absolute Gasteiger partial charge is 0.493 e. The zero-order chi connectivity index (χ0) is 19.8. The summed E-state index contributed by atoms with van der Waals surface area (Å²) in [6.45, 7) is 1.89. The van der Waals surface area contributed by atoms with Crippen molar-refractivity contribution in [2.75, 3.05) is 14.2 Å². The predicted octanol–water partition coefficient (Wildman–Crippen LogP) is 4.76. The Labute approximate surface area is 168 Å². The average molecular weight is 397 g/mol. The van der Waals surface area contributed by atoms with Gasteiger partial charge in [0.1, 0.15) is 0 Å². The number of halogens is 1. The Bertz CT molecular complexity index is 1040. The number of hydrogen-bond acceptors (Lipinski definition) is 4.